The predicted molar refractivity (Wildman–Crippen MR) is 190 cm³/mol. The lowest BCUT2D eigenvalue weighted by molar-refractivity contribution is -0.204. The number of hydrogen-bond donors (Lipinski definition) is 0. The van der Waals surface area contributed by atoms with Gasteiger partial charge in [-0.1, -0.05) is 73.6 Å². The molecule has 4 aromatic carbocycles. The van der Waals surface area contributed by atoms with Gasteiger partial charge in [-0.25, -0.2) is 4.79 Å². The first-order valence-corrected chi connectivity index (χ1v) is 16.4. The first-order valence-electron chi connectivity index (χ1n) is 16.4. The maximum atomic E-state index is 13.6. The predicted octanol–water partition coefficient (Wildman–Crippen LogP) is 8.20. The van der Waals surface area contributed by atoms with Gasteiger partial charge < -0.3 is 14.2 Å². The van der Waals surface area contributed by atoms with Crippen LogP contribution in [0.25, 0.3) is 21.8 Å². The molecule has 0 spiro atoms. The molecule has 1 amide bonds. The molecule has 252 valence electrons. The molecule has 0 N–H and O–H groups in total. The highest BCUT2D eigenvalue weighted by Gasteiger charge is 2.29. The summed E-state index contributed by atoms with van der Waals surface area (Å²) >= 11 is 0. The van der Waals surface area contributed by atoms with Gasteiger partial charge in [0.1, 0.15) is 6.04 Å². The van der Waals surface area contributed by atoms with Crippen molar-refractivity contribution in [1.29, 1.82) is 0 Å². The van der Waals surface area contributed by atoms with E-state index in [1.807, 2.05) is 91.9 Å². The van der Waals surface area contributed by atoms with Crippen molar-refractivity contribution in [3.05, 3.63) is 118 Å². The zero-order valence-corrected chi connectivity index (χ0v) is 28.9. The second-order valence-corrected chi connectivity index (χ2v) is 12.4. The molecule has 49 heavy (non-hydrogen) atoms. The van der Waals surface area contributed by atoms with Crippen molar-refractivity contribution < 1.29 is 28.9 Å². The zero-order valence-electron chi connectivity index (χ0n) is 28.9. The number of ketones is 1. The molecule has 0 saturated carbocycles. The molecule has 0 aliphatic heterocycles. The van der Waals surface area contributed by atoms with E-state index < -0.39 is 23.9 Å². The summed E-state index contributed by atoms with van der Waals surface area (Å²) < 4.78 is 2.18. The summed E-state index contributed by atoms with van der Waals surface area (Å²) in [6.07, 6.45) is 0.0517. The molecule has 9 nitrogen and oxygen atoms in total. The van der Waals surface area contributed by atoms with Crippen LogP contribution in [0.1, 0.15) is 98.1 Å². The van der Waals surface area contributed by atoms with Crippen molar-refractivity contribution in [2.24, 2.45) is 5.16 Å². The Bertz CT molecular complexity index is 2090. The Morgan fingerprint density at radius 3 is 1.92 bits per heavy atom. The van der Waals surface area contributed by atoms with Crippen LogP contribution in [0.3, 0.4) is 0 Å². The maximum absolute atomic E-state index is 13.6. The molecule has 0 aliphatic carbocycles. The topological polar surface area (TPSA) is 107 Å². The molecule has 9 heteroatoms. The number of nitrogens with zero attached hydrogens (tertiary/aromatic N) is 3. The number of hydrogen-bond acceptors (Lipinski definition) is 7. The van der Waals surface area contributed by atoms with Crippen LogP contribution < -0.4 is 0 Å². The minimum atomic E-state index is -0.789. The first-order chi connectivity index (χ1) is 23.4. The van der Waals surface area contributed by atoms with Crippen LogP contribution in [0.5, 0.6) is 0 Å². The van der Waals surface area contributed by atoms with Crippen molar-refractivity contribution >= 4 is 51.1 Å². The molecule has 5 aromatic rings. The van der Waals surface area contributed by atoms with Crippen molar-refractivity contribution in [2.45, 2.75) is 73.4 Å². The number of aryl methyl sites for hydroxylation is 2. The second kappa shape index (κ2) is 14.7. The lowest BCUT2D eigenvalue weighted by atomic mass is 9.93. The van der Waals surface area contributed by atoms with Gasteiger partial charge in [-0.15, -0.1) is 0 Å². The monoisotopic (exact) mass is 659 g/mol. The Labute approximate surface area is 286 Å². The smallest absolute Gasteiger partial charge is 0.331 e. The summed E-state index contributed by atoms with van der Waals surface area (Å²) in [6.45, 7) is 12.7. The largest absolute Gasteiger partial charge is 0.341 e. The molecule has 0 aliphatic rings. The number of fused-ring (bicyclic) bond motifs is 3. The molecular weight excluding hydrogens is 618 g/mol. The number of oxime groups is 1. The number of amides is 1. The van der Waals surface area contributed by atoms with E-state index in [1.54, 1.807) is 0 Å². The van der Waals surface area contributed by atoms with Gasteiger partial charge in [-0.3, -0.25) is 14.4 Å². The van der Waals surface area contributed by atoms with E-state index in [1.165, 1.54) is 20.8 Å². The molecule has 0 bridgehead atoms. The van der Waals surface area contributed by atoms with Crippen molar-refractivity contribution in [3.8, 4) is 0 Å². The van der Waals surface area contributed by atoms with Crippen LogP contribution in [0, 0.1) is 6.92 Å². The summed E-state index contributed by atoms with van der Waals surface area (Å²) in [7, 11) is 0. The lowest BCUT2D eigenvalue weighted by Gasteiger charge is -2.29. The van der Waals surface area contributed by atoms with E-state index in [0.29, 0.717) is 34.5 Å². The standard InChI is InChI=1S/C40H41N3O6/c1-8-42-37-19-17-31(21-34(37)35-22-32(18-20-38(35)42)40(47)33-12-10-9-11-25(33)4)36(41-48-27(6)45)23-39(43(26(5)44)49-28(7)46)30-15-13-29(14-16-30)24(2)3/h9-22,24,39H,8,23H2,1-7H3/b41-36-. The summed E-state index contributed by atoms with van der Waals surface area (Å²) in [6, 6.07) is 26.0. The number of aromatic nitrogens is 1. The SMILES string of the molecule is CCn1c2ccc(C(=O)c3ccccc3C)cc2c2cc(/C(CC(c3ccc(C(C)C)cc3)N(OC(C)=O)C(C)=O)=N\OC(C)=O)ccc21. The highest BCUT2D eigenvalue weighted by atomic mass is 16.7. The fraction of sp³-hybridized carbons (Fsp3) is 0.275. The van der Waals surface area contributed by atoms with Crippen LogP contribution in [0.2, 0.25) is 0 Å². The Kier molecular flexibility index (Phi) is 10.4. The first kappa shape index (κ1) is 34.8. The Balaban J connectivity index is 1.66. The molecule has 1 atom stereocenters. The zero-order chi connectivity index (χ0) is 35.4. The fourth-order valence-corrected chi connectivity index (χ4v) is 6.18. The molecule has 1 unspecified atom stereocenters. The minimum Gasteiger partial charge on any atom is -0.341 e. The average molecular weight is 660 g/mol. The third-order valence-electron chi connectivity index (χ3n) is 8.65. The number of carbonyl (C=O) groups excluding carboxylic acids is 4. The fourth-order valence-electron chi connectivity index (χ4n) is 6.18. The van der Waals surface area contributed by atoms with Gasteiger partial charge in [0.2, 0.25) is 0 Å². The van der Waals surface area contributed by atoms with E-state index in [9.17, 15) is 19.2 Å². The number of hydroxylamine groups is 2. The molecule has 1 heterocycles. The highest BCUT2D eigenvalue weighted by Crippen LogP contribution is 2.34. The summed E-state index contributed by atoms with van der Waals surface area (Å²) in [4.78, 5) is 61.3. The summed E-state index contributed by atoms with van der Waals surface area (Å²) in [5.74, 6) is -1.52. The highest BCUT2D eigenvalue weighted by molar-refractivity contribution is 6.16. The lowest BCUT2D eigenvalue weighted by Crippen LogP contribution is -2.36. The molecule has 5 rings (SSSR count). The number of rotatable bonds is 10. The Hall–Kier alpha value is -5.57. The van der Waals surface area contributed by atoms with Gasteiger partial charge in [0.15, 0.2) is 5.78 Å². The van der Waals surface area contributed by atoms with Crippen LogP contribution in [0.15, 0.2) is 90.1 Å². The molecule has 0 fully saturated rings. The molecule has 0 radical (unpaired) electrons. The van der Waals surface area contributed by atoms with Gasteiger partial charge in [0.25, 0.3) is 5.91 Å². The molecule has 1 aromatic heterocycles. The van der Waals surface area contributed by atoms with Crippen molar-refractivity contribution in [1.82, 2.24) is 9.63 Å². The van der Waals surface area contributed by atoms with Crippen molar-refractivity contribution in [3.63, 3.8) is 0 Å². The Morgan fingerprint density at radius 1 is 0.776 bits per heavy atom. The Morgan fingerprint density at radius 2 is 1.37 bits per heavy atom. The molecular formula is C40H41N3O6. The van der Waals surface area contributed by atoms with Crippen molar-refractivity contribution in [2.75, 3.05) is 0 Å². The maximum Gasteiger partial charge on any atom is 0.331 e. The third kappa shape index (κ3) is 7.46. The number of carbonyl (C=O) groups is 4. The second-order valence-electron chi connectivity index (χ2n) is 12.4. The van der Waals surface area contributed by atoms with E-state index in [-0.39, 0.29) is 18.1 Å². The normalized spacial score (nSPS) is 12.3. The van der Waals surface area contributed by atoms with Gasteiger partial charge in [0.05, 0.1) is 5.71 Å². The van der Waals surface area contributed by atoms with E-state index in [4.69, 9.17) is 9.68 Å². The van der Waals surface area contributed by atoms with Gasteiger partial charge >= 0.3 is 11.9 Å². The van der Waals surface area contributed by atoms with Crippen LogP contribution in [0.4, 0.5) is 0 Å². The van der Waals surface area contributed by atoms with E-state index in [2.05, 4.69) is 30.5 Å². The van der Waals surface area contributed by atoms with E-state index >= 15 is 0 Å². The number of benzene rings is 4. The van der Waals surface area contributed by atoms with Crippen LogP contribution in [-0.2, 0) is 30.6 Å². The minimum absolute atomic E-state index is 0.0517. The summed E-state index contributed by atoms with van der Waals surface area (Å²) in [5, 5.41) is 7.07. The quantitative estimate of drug-likeness (QED) is 0.0648. The third-order valence-corrected chi connectivity index (χ3v) is 8.65. The van der Waals surface area contributed by atoms with Gasteiger partial charge in [-0.2, -0.15) is 5.06 Å². The van der Waals surface area contributed by atoms with Gasteiger partial charge in [-0.05, 0) is 66.8 Å². The van der Waals surface area contributed by atoms with Crippen LogP contribution in [-0.4, -0.2) is 39.0 Å². The van der Waals surface area contributed by atoms with Gasteiger partial charge in [0, 0.05) is 72.2 Å². The summed E-state index contributed by atoms with van der Waals surface area (Å²) in [5.41, 5.74) is 6.85. The van der Waals surface area contributed by atoms with E-state index in [0.717, 1.165) is 38.0 Å². The average Bonchev–Trinajstić information content (AvgIpc) is 3.39. The van der Waals surface area contributed by atoms with Crippen LogP contribution >= 0.6 is 0 Å². The molecule has 0 saturated heterocycles.